The van der Waals surface area contributed by atoms with E-state index in [1.165, 1.54) is 0 Å². The maximum absolute atomic E-state index is 10.6. The predicted octanol–water partition coefficient (Wildman–Crippen LogP) is 1.51. The quantitative estimate of drug-likeness (QED) is 0.771. The van der Waals surface area contributed by atoms with Crippen molar-refractivity contribution in [2.24, 2.45) is 5.92 Å². The number of aliphatic hydroxyl groups is 1. The molecule has 0 amide bonds. The summed E-state index contributed by atoms with van der Waals surface area (Å²) in [7, 11) is 3.85. The summed E-state index contributed by atoms with van der Waals surface area (Å²) in [6, 6.07) is 0. The molecule has 1 aliphatic heterocycles. The van der Waals surface area contributed by atoms with Gasteiger partial charge in [-0.25, -0.2) is 0 Å². The Morgan fingerprint density at radius 3 is 2.80 bits per heavy atom. The van der Waals surface area contributed by atoms with Crippen LogP contribution in [0.25, 0.3) is 0 Å². The molecule has 0 aliphatic carbocycles. The molecule has 1 heterocycles. The Balaban J connectivity index is 2.48. The Morgan fingerprint density at radius 2 is 2.13 bits per heavy atom. The first-order valence-electron chi connectivity index (χ1n) is 5.98. The second kappa shape index (κ2) is 5.83. The number of nitrogens with zero attached hydrogens (tertiary/aromatic N) is 1. The van der Waals surface area contributed by atoms with Gasteiger partial charge in [0, 0.05) is 20.3 Å². The first kappa shape index (κ1) is 12.9. The van der Waals surface area contributed by atoms with E-state index < -0.39 is 5.60 Å². The molecule has 0 radical (unpaired) electrons. The molecule has 0 aromatic rings. The molecule has 0 aromatic heterocycles. The molecule has 2 atom stereocenters. The van der Waals surface area contributed by atoms with Crippen LogP contribution >= 0.6 is 0 Å². The normalized spacial score (nSPS) is 31.2. The summed E-state index contributed by atoms with van der Waals surface area (Å²) in [5.74, 6) is 0.337. The van der Waals surface area contributed by atoms with Crippen molar-refractivity contribution in [2.45, 2.75) is 38.2 Å². The third-order valence-electron chi connectivity index (χ3n) is 3.75. The summed E-state index contributed by atoms with van der Waals surface area (Å²) >= 11 is 0. The van der Waals surface area contributed by atoms with Gasteiger partial charge in [0.2, 0.25) is 0 Å². The predicted molar refractivity (Wildman–Crippen MR) is 62.0 cm³/mol. The van der Waals surface area contributed by atoms with Gasteiger partial charge in [-0.1, -0.05) is 6.92 Å². The molecule has 3 heteroatoms. The topological polar surface area (TPSA) is 32.7 Å². The molecule has 1 saturated heterocycles. The molecule has 1 fully saturated rings. The van der Waals surface area contributed by atoms with Crippen LogP contribution in [0.15, 0.2) is 0 Å². The molecule has 90 valence electrons. The van der Waals surface area contributed by atoms with Gasteiger partial charge in [-0.05, 0) is 45.2 Å². The zero-order valence-electron chi connectivity index (χ0n) is 10.3. The Hall–Kier alpha value is -0.120. The van der Waals surface area contributed by atoms with Crippen molar-refractivity contribution < 1.29 is 9.84 Å². The molecule has 1 N–H and O–H groups in total. The largest absolute Gasteiger partial charge is 0.390 e. The van der Waals surface area contributed by atoms with E-state index in [-0.39, 0.29) is 0 Å². The van der Waals surface area contributed by atoms with E-state index in [2.05, 4.69) is 18.9 Å². The van der Waals surface area contributed by atoms with E-state index in [9.17, 15) is 5.11 Å². The van der Waals surface area contributed by atoms with Gasteiger partial charge < -0.3 is 14.7 Å². The van der Waals surface area contributed by atoms with Crippen molar-refractivity contribution in [3.63, 3.8) is 0 Å². The fraction of sp³-hybridized carbons (Fsp3) is 1.00. The molecule has 1 aliphatic rings. The van der Waals surface area contributed by atoms with Crippen LogP contribution in [0, 0.1) is 5.92 Å². The van der Waals surface area contributed by atoms with Crippen molar-refractivity contribution in [1.29, 1.82) is 0 Å². The minimum absolute atomic E-state index is 0.337. The molecule has 0 saturated carbocycles. The fourth-order valence-corrected chi connectivity index (χ4v) is 2.33. The second-order valence-electron chi connectivity index (χ2n) is 4.94. The van der Waals surface area contributed by atoms with Crippen molar-refractivity contribution in [2.75, 3.05) is 33.9 Å². The van der Waals surface area contributed by atoms with Crippen LogP contribution in [0.1, 0.15) is 32.6 Å². The molecular formula is C12H25NO2. The van der Waals surface area contributed by atoms with Crippen molar-refractivity contribution in [3.8, 4) is 0 Å². The number of hydrogen-bond donors (Lipinski definition) is 1. The van der Waals surface area contributed by atoms with Crippen LogP contribution < -0.4 is 0 Å². The average molecular weight is 215 g/mol. The van der Waals surface area contributed by atoms with Crippen LogP contribution in [0.4, 0.5) is 0 Å². The van der Waals surface area contributed by atoms with Crippen molar-refractivity contribution in [1.82, 2.24) is 4.90 Å². The molecule has 0 bridgehead atoms. The monoisotopic (exact) mass is 215 g/mol. The molecule has 1 rings (SSSR count). The molecule has 15 heavy (non-hydrogen) atoms. The van der Waals surface area contributed by atoms with E-state index in [0.717, 1.165) is 45.4 Å². The van der Waals surface area contributed by atoms with Gasteiger partial charge in [-0.2, -0.15) is 0 Å². The lowest BCUT2D eigenvalue weighted by Gasteiger charge is -2.33. The summed E-state index contributed by atoms with van der Waals surface area (Å²) in [5, 5.41) is 10.6. The summed E-state index contributed by atoms with van der Waals surface area (Å²) in [4.78, 5) is 2.31. The Kier molecular flexibility index (Phi) is 5.03. The lowest BCUT2D eigenvalue weighted by atomic mass is 9.81. The summed E-state index contributed by atoms with van der Waals surface area (Å²) in [5.41, 5.74) is -0.469. The van der Waals surface area contributed by atoms with E-state index in [4.69, 9.17) is 4.74 Å². The number of rotatable bonds is 4. The Labute approximate surface area is 93.4 Å². The summed E-state index contributed by atoms with van der Waals surface area (Å²) in [6.45, 7) is 5.01. The number of hydrogen-bond acceptors (Lipinski definition) is 3. The zero-order valence-corrected chi connectivity index (χ0v) is 10.3. The lowest BCUT2D eigenvalue weighted by molar-refractivity contribution is -0.0339. The maximum Gasteiger partial charge on any atom is 0.0686 e. The van der Waals surface area contributed by atoms with Gasteiger partial charge in [0.05, 0.1) is 5.60 Å². The number of likely N-dealkylation sites (tertiary alicyclic amines) is 1. The Morgan fingerprint density at radius 1 is 1.40 bits per heavy atom. The van der Waals surface area contributed by atoms with Crippen LogP contribution in [0.2, 0.25) is 0 Å². The molecule has 0 aromatic carbocycles. The smallest absolute Gasteiger partial charge is 0.0686 e. The second-order valence-corrected chi connectivity index (χ2v) is 4.94. The van der Waals surface area contributed by atoms with Crippen LogP contribution in [-0.2, 0) is 4.74 Å². The van der Waals surface area contributed by atoms with E-state index in [0.29, 0.717) is 5.92 Å². The SMILES string of the molecule is COCCC(C)C1(O)CCCN(C)CC1. The standard InChI is InChI=1S/C12H25NO2/c1-11(5-10-15-3)12(14)6-4-8-13(2)9-7-12/h11,14H,4-10H2,1-3H3. The Bertz CT molecular complexity index is 186. The van der Waals surface area contributed by atoms with Crippen LogP contribution in [0.5, 0.6) is 0 Å². The van der Waals surface area contributed by atoms with Gasteiger partial charge in [-0.15, -0.1) is 0 Å². The zero-order chi connectivity index (χ0) is 11.3. The van der Waals surface area contributed by atoms with Gasteiger partial charge in [0.15, 0.2) is 0 Å². The third-order valence-corrected chi connectivity index (χ3v) is 3.75. The van der Waals surface area contributed by atoms with Crippen LogP contribution in [-0.4, -0.2) is 49.5 Å². The highest BCUT2D eigenvalue weighted by molar-refractivity contribution is 4.87. The fourth-order valence-electron chi connectivity index (χ4n) is 2.33. The highest BCUT2D eigenvalue weighted by Gasteiger charge is 2.34. The number of ether oxygens (including phenoxy) is 1. The van der Waals surface area contributed by atoms with Gasteiger partial charge in [0.25, 0.3) is 0 Å². The van der Waals surface area contributed by atoms with Crippen molar-refractivity contribution >= 4 is 0 Å². The van der Waals surface area contributed by atoms with E-state index >= 15 is 0 Å². The van der Waals surface area contributed by atoms with Gasteiger partial charge in [0.1, 0.15) is 0 Å². The van der Waals surface area contributed by atoms with Crippen LogP contribution in [0.3, 0.4) is 0 Å². The first-order chi connectivity index (χ1) is 7.08. The van der Waals surface area contributed by atoms with Crippen molar-refractivity contribution in [3.05, 3.63) is 0 Å². The third kappa shape index (κ3) is 3.74. The highest BCUT2D eigenvalue weighted by Crippen LogP contribution is 2.31. The minimum atomic E-state index is -0.469. The minimum Gasteiger partial charge on any atom is -0.390 e. The van der Waals surface area contributed by atoms with Gasteiger partial charge >= 0.3 is 0 Å². The van der Waals surface area contributed by atoms with Gasteiger partial charge in [-0.3, -0.25) is 0 Å². The first-order valence-corrected chi connectivity index (χ1v) is 5.98. The van der Waals surface area contributed by atoms with E-state index in [1.54, 1.807) is 7.11 Å². The lowest BCUT2D eigenvalue weighted by Crippen LogP contribution is -2.38. The van der Waals surface area contributed by atoms with E-state index in [1.807, 2.05) is 0 Å². The molecule has 0 spiro atoms. The maximum atomic E-state index is 10.6. The molecular weight excluding hydrogens is 190 g/mol. The molecule has 3 nitrogen and oxygen atoms in total. The summed E-state index contributed by atoms with van der Waals surface area (Å²) in [6.07, 6.45) is 3.89. The number of methoxy groups -OCH3 is 1. The highest BCUT2D eigenvalue weighted by atomic mass is 16.5. The summed E-state index contributed by atoms with van der Waals surface area (Å²) < 4.78 is 5.08. The average Bonchev–Trinajstić information content (AvgIpc) is 2.38. The molecule has 2 unspecified atom stereocenters.